The van der Waals surface area contributed by atoms with Crippen LogP contribution < -0.4 is 5.32 Å². The van der Waals surface area contributed by atoms with Crippen molar-refractivity contribution in [3.05, 3.63) is 11.6 Å². The molecule has 2 rings (SSSR count). The summed E-state index contributed by atoms with van der Waals surface area (Å²) in [6.07, 6.45) is 15.1. The number of allylic oxidation sites excluding steroid dienone is 1. The topological polar surface area (TPSA) is 12.0 Å². The highest BCUT2D eigenvalue weighted by Crippen LogP contribution is 2.33. The summed E-state index contributed by atoms with van der Waals surface area (Å²) in [5, 5.41) is 3.78. The highest BCUT2D eigenvalue weighted by Gasteiger charge is 2.27. The van der Waals surface area contributed by atoms with Crippen molar-refractivity contribution in [3.63, 3.8) is 0 Å². The van der Waals surface area contributed by atoms with Gasteiger partial charge in [0.15, 0.2) is 0 Å². The van der Waals surface area contributed by atoms with Crippen LogP contribution in [0.1, 0.15) is 64.7 Å². The smallest absolute Gasteiger partial charge is 0.0132 e. The average molecular weight is 221 g/mol. The van der Waals surface area contributed by atoms with Gasteiger partial charge in [0, 0.05) is 6.04 Å². The van der Waals surface area contributed by atoms with Crippen molar-refractivity contribution >= 4 is 0 Å². The lowest BCUT2D eigenvalue weighted by Gasteiger charge is -2.35. The van der Waals surface area contributed by atoms with Crippen molar-refractivity contribution in [2.75, 3.05) is 6.54 Å². The Hall–Kier alpha value is -0.300. The molecule has 1 heteroatoms. The van der Waals surface area contributed by atoms with E-state index in [9.17, 15) is 0 Å². The number of hydrogen-bond donors (Lipinski definition) is 1. The van der Waals surface area contributed by atoms with Crippen LogP contribution in [0.5, 0.6) is 0 Å². The first-order valence-electron chi connectivity index (χ1n) is 7.31. The zero-order valence-electron chi connectivity index (χ0n) is 10.8. The van der Waals surface area contributed by atoms with Crippen LogP contribution in [0.15, 0.2) is 11.6 Å². The standard InChI is InChI=1S/C15H27N/c1-2-11-16-15(14-9-6-10-14)12-13-7-4-3-5-8-13/h7,14-16H,2-6,8-12H2,1H3. The van der Waals surface area contributed by atoms with Gasteiger partial charge in [-0.05, 0) is 63.8 Å². The quantitative estimate of drug-likeness (QED) is 0.667. The Morgan fingerprint density at radius 1 is 1.31 bits per heavy atom. The van der Waals surface area contributed by atoms with E-state index in [1.54, 1.807) is 5.57 Å². The van der Waals surface area contributed by atoms with E-state index >= 15 is 0 Å². The minimum Gasteiger partial charge on any atom is -0.313 e. The monoisotopic (exact) mass is 221 g/mol. The summed E-state index contributed by atoms with van der Waals surface area (Å²) in [6, 6.07) is 0.790. The maximum absolute atomic E-state index is 3.78. The second-order valence-corrected chi connectivity index (χ2v) is 5.56. The molecule has 1 nitrogen and oxygen atoms in total. The largest absolute Gasteiger partial charge is 0.313 e. The third kappa shape index (κ3) is 3.35. The molecule has 0 radical (unpaired) electrons. The summed E-state index contributed by atoms with van der Waals surface area (Å²) in [4.78, 5) is 0. The Morgan fingerprint density at radius 2 is 2.19 bits per heavy atom. The molecule has 16 heavy (non-hydrogen) atoms. The molecule has 2 aliphatic rings. The van der Waals surface area contributed by atoms with Gasteiger partial charge in [-0.25, -0.2) is 0 Å². The summed E-state index contributed by atoms with van der Waals surface area (Å²) in [6.45, 7) is 3.47. The summed E-state index contributed by atoms with van der Waals surface area (Å²) < 4.78 is 0. The highest BCUT2D eigenvalue weighted by molar-refractivity contribution is 5.08. The molecule has 0 aliphatic heterocycles. The summed E-state index contributed by atoms with van der Waals surface area (Å²) in [5.41, 5.74) is 1.74. The molecule has 0 saturated heterocycles. The lowest BCUT2D eigenvalue weighted by Crippen LogP contribution is -2.40. The molecule has 1 saturated carbocycles. The lowest BCUT2D eigenvalue weighted by atomic mass is 9.76. The Labute approximate surface area is 101 Å². The van der Waals surface area contributed by atoms with Crippen LogP contribution in [0, 0.1) is 5.92 Å². The maximum Gasteiger partial charge on any atom is 0.0132 e. The van der Waals surface area contributed by atoms with Crippen LogP contribution in [0.4, 0.5) is 0 Å². The molecule has 0 aromatic heterocycles. The van der Waals surface area contributed by atoms with Crippen molar-refractivity contribution in [2.45, 2.75) is 70.8 Å². The molecule has 0 aromatic rings. The van der Waals surface area contributed by atoms with Gasteiger partial charge in [-0.15, -0.1) is 0 Å². The first-order valence-corrected chi connectivity index (χ1v) is 7.31. The summed E-state index contributed by atoms with van der Waals surface area (Å²) in [5.74, 6) is 0.981. The molecule has 1 N–H and O–H groups in total. The van der Waals surface area contributed by atoms with Gasteiger partial charge in [0.2, 0.25) is 0 Å². The maximum atomic E-state index is 3.78. The summed E-state index contributed by atoms with van der Waals surface area (Å²) in [7, 11) is 0. The van der Waals surface area contributed by atoms with E-state index < -0.39 is 0 Å². The third-order valence-corrected chi connectivity index (χ3v) is 4.24. The van der Waals surface area contributed by atoms with Crippen molar-refractivity contribution in [1.29, 1.82) is 0 Å². The van der Waals surface area contributed by atoms with Crippen LogP contribution in [0.3, 0.4) is 0 Å². The number of nitrogens with one attached hydrogen (secondary N) is 1. The van der Waals surface area contributed by atoms with E-state index in [1.165, 1.54) is 64.3 Å². The zero-order valence-corrected chi connectivity index (χ0v) is 10.8. The Kier molecular flexibility index (Phi) is 4.90. The van der Waals surface area contributed by atoms with Gasteiger partial charge in [-0.3, -0.25) is 0 Å². The Balaban J connectivity index is 1.82. The normalized spacial score (nSPS) is 23.7. The molecule has 0 amide bonds. The van der Waals surface area contributed by atoms with Gasteiger partial charge < -0.3 is 5.32 Å². The van der Waals surface area contributed by atoms with Gasteiger partial charge in [-0.1, -0.05) is 25.0 Å². The molecular weight excluding hydrogens is 194 g/mol. The Morgan fingerprint density at radius 3 is 2.75 bits per heavy atom. The first kappa shape index (κ1) is 12.2. The average Bonchev–Trinajstić information content (AvgIpc) is 2.25. The SMILES string of the molecule is CCCNC(CC1=CCCCC1)C1CCC1. The minimum atomic E-state index is 0.790. The van der Waals surface area contributed by atoms with E-state index in [-0.39, 0.29) is 0 Å². The predicted octanol–water partition coefficient (Wildman–Crippen LogP) is 4.05. The summed E-state index contributed by atoms with van der Waals surface area (Å²) >= 11 is 0. The van der Waals surface area contributed by atoms with Gasteiger partial charge >= 0.3 is 0 Å². The number of rotatable bonds is 6. The third-order valence-electron chi connectivity index (χ3n) is 4.24. The fraction of sp³-hybridized carbons (Fsp3) is 0.867. The predicted molar refractivity (Wildman–Crippen MR) is 70.6 cm³/mol. The molecule has 0 spiro atoms. The van der Waals surface area contributed by atoms with Crippen LogP contribution in [-0.4, -0.2) is 12.6 Å². The number of hydrogen-bond acceptors (Lipinski definition) is 1. The van der Waals surface area contributed by atoms with Gasteiger partial charge in [0.25, 0.3) is 0 Å². The van der Waals surface area contributed by atoms with E-state index in [2.05, 4.69) is 18.3 Å². The first-order chi connectivity index (χ1) is 7.90. The second-order valence-electron chi connectivity index (χ2n) is 5.56. The zero-order chi connectivity index (χ0) is 11.2. The van der Waals surface area contributed by atoms with Crippen molar-refractivity contribution in [1.82, 2.24) is 5.32 Å². The second kappa shape index (κ2) is 6.44. The van der Waals surface area contributed by atoms with Gasteiger partial charge in [0.05, 0.1) is 0 Å². The van der Waals surface area contributed by atoms with Crippen molar-refractivity contribution in [3.8, 4) is 0 Å². The lowest BCUT2D eigenvalue weighted by molar-refractivity contribution is 0.226. The van der Waals surface area contributed by atoms with Crippen molar-refractivity contribution in [2.24, 2.45) is 5.92 Å². The molecule has 1 fully saturated rings. The van der Waals surface area contributed by atoms with Crippen LogP contribution in [0.2, 0.25) is 0 Å². The minimum absolute atomic E-state index is 0.790. The Bertz CT molecular complexity index is 228. The molecule has 0 heterocycles. The van der Waals surface area contributed by atoms with E-state index in [4.69, 9.17) is 0 Å². The van der Waals surface area contributed by atoms with Gasteiger partial charge in [-0.2, -0.15) is 0 Å². The highest BCUT2D eigenvalue weighted by atomic mass is 14.9. The van der Waals surface area contributed by atoms with Crippen molar-refractivity contribution < 1.29 is 0 Å². The molecule has 1 atom stereocenters. The molecule has 0 bridgehead atoms. The fourth-order valence-corrected chi connectivity index (χ4v) is 2.95. The molecule has 0 aromatic carbocycles. The van der Waals surface area contributed by atoms with E-state index in [0.29, 0.717) is 0 Å². The molecule has 92 valence electrons. The van der Waals surface area contributed by atoms with Crippen LogP contribution in [-0.2, 0) is 0 Å². The van der Waals surface area contributed by atoms with E-state index in [0.717, 1.165) is 12.0 Å². The molecule has 1 unspecified atom stereocenters. The molecular formula is C15H27N. The van der Waals surface area contributed by atoms with Crippen LogP contribution >= 0.6 is 0 Å². The fourth-order valence-electron chi connectivity index (χ4n) is 2.95. The van der Waals surface area contributed by atoms with Gasteiger partial charge in [0.1, 0.15) is 0 Å². The van der Waals surface area contributed by atoms with Crippen LogP contribution in [0.25, 0.3) is 0 Å². The molecule has 2 aliphatic carbocycles. The van der Waals surface area contributed by atoms with E-state index in [1.807, 2.05) is 0 Å².